The van der Waals surface area contributed by atoms with Gasteiger partial charge in [0.05, 0.1) is 7.11 Å². The number of nitrogens with zero attached hydrogens (tertiary/aromatic N) is 1. The van der Waals surface area contributed by atoms with E-state index in [-0.39, 0.29) is 12.4 Å². The molecule has 1 heterocycles. The van der Waals surface area contributed by atoms with Crippen molar-refractivity contribution in [2.75, 3.05) is 7.11 Å². The highest BCUT2D eigenvalue weighted by Gasteiger charge is 2.08. The molecule has 4 nitrogen and oxygen atoms in total. The molecule has 0 spiro atoms. The van der Waals surface area contributed by atoms with E-state index in [4.69, 9.17) is 13.9 Å². The van der Waals surface area contributed by atoms with E-state index in [0.717, 1.165) is 11.3 Å². The van der Waals surface area contributed by atoms with Crippen LogP contribution in [-0.4, -0.2) is 12.1 Å². The molecule has 3 aromatic rings. The van der Waals surface area contributed by atoms with Gasteiger partial charge in [-0.1, -0.05) is 6.07 Å². The van der Waals surface area contributed by atoms with Crippen LogP contribution < -0.4 is 9.47 Å². The first-order chi connectivity index (χ1) is 10.7. The van der Waals surface area contributed by atoms with Gasteiger partial charge in [0.1, 0.15) is 35.9 Å². The van der Waals surface area contributed by atoms with Crippen molar-refractivity contribution in [1.29, 1.82) is 0 Å². The van der Waals surface area contributed by atoms with Crippen molar-refractivity contribution in [2.45, 2.75) is 6.61 Å². The number of oxazole rings is 1. The monoisotopic (exact) mass is 299 g/mol. The van der Waals surface area contributed by atoms with E-state index < -0.39 is 0 Å². The third-order valence-corrected chi connectivity index (χ3v) is 3.07. The molecule has 0 bridgehead atoms. The molecule has 3 rings (SSSR count). The standard InChI is InChI=1S/C17H14FNO3/c1-20-15-7-5-12(6-8-15)17-19-14(11-22-17)10-21-16-4-2-3-13(18)9-16/h2-9,11H,10H2,1H3. The molecular formula is C17H14FNO3. The minimum atomic E-state index is -0.337. The van der Waals surface area contributed by atoms with Crippen LogP contribution in [0.3, 0.4) is 0 Å². The zero-order valence-corrected chi connectivity index (χ0v) is 12.0. The van der Waals surface area contributed by atoms with Crippen molar-refractivity contribution in [2.24, 2.45) is 0 Å². The van der Waals surface area contributed by atoms with Crippen molar-refractivity contribution in [3.8, 4) is 23.0 Å². The second-order valence-corrected chi connectivity index (χ2v) is 4.62. The summed E-state index contributed by atoms with van der Waals surface area (Å²) in [5.41, 5.74) is 1.48. The largest absolute Gasteiger partial charge is 0.497 e. The number of rotatable bonds is 5. The fourth-order valence-corrected chi connectivity index (χ4v) is 1.95. The number of benzene rings is 2. The first kappa shape index (κ1) is 14.1. The van der Waals surface area contributed by atoms with Crippen molar-refractivity contribution in [3.05, 3.63) is 66.3 Å². The summed E-state index contributed by atoms with van der Waals surface area (Å²) >= 11 is 0. The van der Waals surface area contributed by atoms with Gasteiger partial charge in [0, 0.05) is 11.6 Å². The molecule has 0 fully saturated rings. The van der Waals surface area contributed by atoms with Crippen LogP contribution in [0.2, 0.25) is 0 Å². The zero-order valence-electron chi connectivity index (χ0n) is 12.0. The zero-order chi connectivity index (χ0) is 15.4. The summed E-state index contributed by atoms with van der Waals surface area (Å²) in [6.07, 6.45) is 1.53. The lowest BCUT2D eigenvalue weighted by atomic mass is 10.2. The van der Waals surface area contributed by atoms with Gasteiger partial charge in [-0.05, 0) is 36.4 Å². The number of methoxy groups -OCH3 is 1. The minimum Gasteiger partial charge on any atom is -0.497 e. The molecule has 2 aromatic carbocycles. The van der Waals surface area contributed by atoms with E-state index in [1.54, 1.807) is 19.2 Å². The Bertz CT molecular complexity index is 753. The van der Waals surface area contributed by atoms with Crippen molar-refractivity contribution in [1.82, 2.24) is 4.98 Å². The fraction of sp³-hybridized carbons (Fsp3) is 0.118. The van der Waals surface area contributed by atoms with Gasteiger partial charge in [-0.15, -0.1) is 0 Å². The summed E-state index contributed by atoms with van der Waals surface area (Å²) in [4.78, 5) is 4.35. The van der Waals surface area contributed by atoms with Gasteiger partial charge in [-0.2, -0.15) is 0 Å². The summed E-state index contributed by atoms with van der Waals surface area (Å²) < 4.78 is 29.1. The Balaban J connectivity index is 1.68. The van der Waals surface area contributed by atoms with Gasteiger partial charge in [0.15, 0.2) is 0 Å². The third kappa shape index (κ3) is 3.25. The molecule has 0 aliphatic carbocycles. The molecule has 112 valence electrons. The molecule has 0 radical (unpaired) electrons. The predicted molar refractivity (Wildman–Crippen MR) is 79.2 cm³/mol. The summed E-state index contributed by atoms with van der Waals surface area (Å²) in [6.45, 7) is 0.211. The molecule has 5 heteroatoms. The maximum atomic E-state index is 13.1. The molecule has 0 unspecified atom stereocenters. The van der Waals surface area contributed by atoms with Crippen molar-refractivity contribution in [3.63, 3.8) is 0 Å². The van der Waals surface area contributed by atoms with E-state index in [9.17, 15) is 4.39 Å². The molecule has 0 aliphatic rings. The van der Waals surface area contributed by atoms with Gasteiger partial charge in [0.2, 0.25) is 5.89 Å². The normalized spacial score (nSPS) is 10.5. The Morgan fingerprint density at radius 1 is 1.09 bits per heavy atom. The van der Waals surface area contributed by atoms with Crippen molar-refractivity contribution >= 4 is 0 Å². The van der Waals surface area contributed by atoms with Gasteiger partial charge < -0.3 is 13.9 Å². The van der Waals surface area contributed by atoms with E-state index in [1.807, 2.05) is 24.3 Å². The van der Waals surface area contributed by atoms with Crippen LogP contribution in [0.1, 0.15) is 5.69 Å². The second-order valence-electron chi connectivity index (χ2n) is 4.62. The topological polar surface area (TPSA) is 44.5 Å². The number of hydrogen-bond donors (Lipinski definition) is 0. The highest BCUT2D eigenvalue weighted by molar-refractivity contribution is 5.54. The average Bonchev–Trinajstić information content (AvgIpc) is 3.02. The summed E-state index contributed by atoms with van der Waals surface area (Å²) in [6, 6.07) is 13.4. The first-order valence-electron chi connectivity index (χ1n) is 6.72. The number of hydrogen-bond acceptors (Lipinski definition) is 4. The fourth-order valence-electron chi connectivity index (χ4n) is 1.95. The van der Waals surface area contributed by atoms with Gasteiger partial charge in [-0.25, -0.2) is 9.37 Å². The van der Waals surface area contributed by atoms with Crippen LogP contribution in [0, 0.1) is 5.82 Å². The Labute approximate surface area is 127 Å². The molecule has 22 heavy (non-hydrogen) atoms. The lowest BCUT2D eigenvalue weighted by molar-refractivity contribution is 0.299. The Morgan fingerprint density at radius 2 is 1.91 bits per heavy atom. The van der Waals surface area contributed by atoms with Crippen molar-refractivity contribution < 1.29 is 18.3 Å². The number of aromatic nitrogens is 1. The third-order valence-electron chi connectivity index (χ3n) is 3.07. The number of halogens is 1. The predicted octanol–water partition coefficient (Wildman–Crippen LogP) is 4.07. The van der Waals surface area contributed by atoms with E-state index in [1.165, 1.54) is 18.4 Å². The van der Waals surface area contributed by atoms with Crippen LogP contribution in [0.4, 0.5) is 4.39 Å². The van der Waals surface area contributed by atoms with Gasteiger partial charge in [0.25, 0.3) is 0 Å². The maximum Gasteiger partial charge on any atom is 0.226 e. The molecular weight excluding hydrogens is 285 g/mol. The molecule has 0 atom stereocenters. The minimum absolute atomic E-state index is 0.211. The lowest BCUT2D eigenvalue weighted by Crippen LogP contribution is -1.96. The van der Waals surface area contributed by atoms with Crippen LogP contribution in [-0.2, 0) is 6.61 Å². The first-order valence-corrected chi connectivity index (χ1v) is 6.72. The SMILES string of the molecule is COc1ccc(-c2nc(COc3cccc(F)c3)co2)cc1. The molecule has 0 N–H and O–H groups in total. The van der Waals surface area contributed by atoms with E-state index >= 15 is 0 Å². The summed E-state index contributed by atoms with van der Waals surface area (Å²) in [5.74, 6) is 1.39. The Morgan fingerprint density at radius 3 is 2.64 bits per heavy atom. The second kappa shape index (κ2) is 6.30. The smallest absolute Gasteiger partial charge is 0.226 e. The highest BCUT2D eigenvalue weighted by Crippen LogP contribution is 2.22. The average molecular weight is 299 g/mol. The van der Waals surface area contributed by atoms with Crippen LogP contribution in [0.15, 0.2) is 59.2 Å². The van der Waals surface area contributed by atoms with Crippen LogP contribution in [0.25, 0.3) is 11.5 Å². The lowest BCUT2D eigenvalue weighted by Gasteiger charge is -2.03. The summed E-state index contributed by atoms with van der Waals surface area (Å²) in [7, 11) is 1.61. The van der Waals surface area contributed by atoms with E-state index in [0.29, 0.717) is 17.3 Å². The van der Waals surface area contributed by atoms with Gasteiger partial charge >= 0.3 is 0 Å². The van der Waals surface area contributed by atoms with Crippen LogP contribution >= 0.6 is 0 Å². The van der Waals surface area contributed by atoms with Gasteiger partial charge in [-0.3, -0.25) is 0 Å². The highest BCUT2D eigenvalue weighted by atomic mass is 19.1. The quantitative estimate of drug-likeness (QED) is 0.712. The summed E-state index contributed by atoms with van der Waals surface area (Å²) in [5, 5.41) is 0. The molecule has 0 amide bonds. The Kier molecular flexibility index (Phi) is 4.05. The molecule has 0 aliphatic heterocycles. The van der Waals surface area contributed by atoms with E-state index in [2.05, 4.69) is 4.98 Å². The Hall–Kier alpha value is -2.82. The maximum absolute atomic E-state index is 13.1. The molecule has 1 aromatic heterocycles. The number of ether oxygens (including phenoxy) is 2. The molecule has 0 saturated heterocycles. The molecule has 0 saturated carbocycles. The van der Waals surface area contributed by atoms with Crippen LogP contribution in [0.5, 0.6) is 11.5 Å².